The van der Waals surface area contributed by atoms with Crippen molar-refractivity contribution in [2.24, 2.45) is 0 Å². The molecule has 0 spiro atoms. The first-order chi connectivity index (χ1) is 12.3. The minimum atomic E-state index is -0.409. The van der Waals surface area contributed by atoms with Gasteiger partial charge in [-0.1, -0.05) is 61.2 Å². The molecule has 0 atom stereocenters. The van der Waals surface area contributed by atoms with Crippen molar-refractivity contribution in [3.8, 4) is 0 Å². The van der Waals surface area contributed by atoms with Gasteiger partial charge in [0.15, 0.2) is 0 Å². The molecule has 1 aromatic heterocycles. The van der Waals surface area contributed by atoms with Crippen LogP contribution in [-0.2, 0) is 17.7 Å². The van der Waals surface area contributed by atoms with E-state index in [1.807, 2.05) is 12.1 Å². The van der Waals surface area contributed by atoms with E-state index in [2.05, 4.69) is 65.1 Å². The van der Waals surface area contributed by atoms with Crippen molar-refractivity contribution in [1.29, 1.82) is 0 Å². The van der Waals surface area contributed by atoms with Gasteiger partial charge in [0.25, 0.3) is 0 Å². The lowest BCUT2D eigenvalue weighted by Crippen LogP contribution is -2.26. The molecule has 25 heavy (non-hydrogen) atoms. The Morgan fingerprint density at radius 3 is 2.68 bits per heavy atom. The molecule has 3 aromatic rings. The Balaban J connectivity index is 1.73. The number of ether oxygens (including phenoxy) is 1. The standard InChI is InChI=1S/C21H22N2O2/c1-2-14-25-21(24)22-13-12-18-16-23(15-17-8-4-3-5-9-17)20-11-7-6-10-19(18)20/h2-11,16H,1,12-15H2,(H,22,24). The van der Waals surface area contributed by atoms with Gasteiger partial charge in [-0.05, 0) is 23.6 Å². The number of para-hydroxylation sites is 1. The smallest absolute Gasteiger partial charge is 0.407 e. The van der Waals surface area contributed by atoms with Gasteiger partial charge in [-0.25, -0.2) is 4.79 Å². The average Bonchev–Trinajstić information content (AvgIpc) is 2.99. The number of amides is 1. The maximum absolute atomic E-state index is 11.5. The van der Waals surface area contributed by atoms with Crippen LogP contribution in [-0.4, -0.2) is 23.8 Å². The van der Waals surface area contributed by atoms with E-state index in [1.54, 1.807) is 6.08 Å². The molecule has 1 heterocycles. The molecule has 0 saturated heterocycles. The van der Waals surface area contributed by atoms with Gasteiger partial charge in [-0.2, -0.15) is 0 Å². The number of aromatic nitrogens is 1. The highest BCUT2D eigenvalue weighted by Crippen LogP contribution is 2.22. The number of fused-ring (bicyclic) bond motifs is 1. The lowest BCUT2D eigenvalue weighted by Gasteiger charge is -2.05. The number of carbonyl (C=O) groups excluding carboxylic acids is 1. The lowest BCUT2D eigenvalue weighted by atomic mass is 10.1. The van der Waals surface area contributed by atoms with Gasteiger partial charge in [0.2, 0.25) is 0 Å². The van der Waals surface area contributed by atoms with E-state index in [0.717, 1.165) is 13.0 Å². The molecule has 0 saturated carbocycles. The van der Waals surface area contributed by atoms with Gasteiger partial charge < -0.3 is 14.6 Å². The van der Waals surface area contributed by atoms with Gasteiger partial charge in [0.05, 0.1) is 0 Å². The Morgan fingerprint density at radius 1 is 1.12 bits per heavy atom. The zero-order chi connectivity index (χ0) is 17.5. The fourth-order valence-corrected chi connectivity index (χ4v) is 2.92. The summed E-state index contributed by atoms with van der Waals surface area (Å²) >= 11 is 0. The van der Waals surface area contributed by atoms with Crippen LogP contribution in [0.2, 0.25) is 0 Å². The molecule has 0 fully saturated rings. The van der Waals surface area contributed by atoms with E-state index in [4.69, 9.17) is 4.74 Å². The number of nitrogens with one attached hydrogen (secondary N) is 1. The largest absolute Gasteiger partial charge is 0.445 e. The fraction of sp³-hybridized carbons (Fsp3) is 0.190. The monoisotopic (exact) mass is 334 g/mol. The third-order valence-electron chi connectivity index (χ3n) is 4.06. The van der Waals surface area contributed by atoms with Crippen LogP contribution in [0.1, 0.15) is 11.1 Å². The van der Waals surface area contributed by atoms with Crippen molar-refractivity contribution < 1.29 is 9.53 Å². The molecule has 0 aliphatic heterocycles. The van der Waals surface area contributed by atoms with Crippen molar-refractivity contribution in [2.75, 3.05) is 13.2 Å². The van der Waals surface area contributed by atoms with E-state index in [-0.39, 0.29) is 6.61 Å². The highest BCUT2D eigenvalue weighted by atomic mass is 16.5. The second-order valence-corrected chi connectivity index (χ2v) is 5.85. The van der Waals surface area contributed by atoms with Gasteiger partial charge in [-0.15, -0.1) is 0 Å². The predicted molar refractivity (Wildman–Crippen MR) is 101 cm³/mol. The summed E-state index contributed by atoms with van der Waals surface area (Å²) in [5, 5.41) is 3.99. The first kappa shape index (κ1) is 16.8. The number of rotatable bonds is 7. The summed E-state index contributed by atoms with van der Waals surface area (Å²) in [6.07, 6.45) is 4.07. The summed E-state index contributed by atoms with van der Waals surface area (Å²) in [5.41, 5.74) is 3.69. The van der Waals surface area contributed by atoms with Crippen molar-refractivity contribution in [3.63, 3.8) is 0 Å². The number of benzene rings is 2. The van der Waals surface area contributed by atoms with Crippen LogP contribution in [0.4, 0.5) is 4.79 Å². The fourth-order valence-electron chi connectivity index (χ4n) is 2.92. The van der Waals surface area contributed by atoms with E-state index in [9.17, 15) is 4.79 Å². The van der Waals surface area contributed by atoms with Crippen LogP contribution in [0.5, 0.6) is 0 Å². The summed E-state index contributed by atoms with van der Waals surface area (Å²) in [6.45, 7) is 5.11. The molecular formula is C21H22N2O2. The zero-order valence-electron chi connectivity index (χ0n) is 14.2. The Labute approximate surface area is 147 Å². The molecular weight excluding hydrogens is 312 g/mol. The quantitative estimate of drug-likeness (QED) is 0.660. The minimum Gasteiger partial charge on any atom is -0.445 e. The summed E-state index contributed by atoms with van der Waals surface area (Å²) in [7, 11) is 0. The Hall–Kier alpha value is -3.01. The molecule has 0 radical (unpaired) electrons. The first-order valence-electron chi connectivity index (χ1n) is 8.40. The third-order valence-corrected chi connectivity index (χ3v) is 4.06. The van der Waals surface area contributed by atoms with E-state index < -0.39 is 6.09 Å². The average molecular weight is 334 g/mol. The number of carbonyl (C=O) groups is 1. The Bertz CT molecular complexity index is 853. The van der Waals surface area contributed by atoms with Crippen LogP contribution in [0.25, 0.3) is 10.9 Å². The van der Waals surface area contributed by atoms with Crippen molar-refractivity contribution in [1.82, 2.24) is 9.88 Å². The molecule has 0 bridgehead atoms. The highest BCUT2D eigenvalue weighted by molar-refractivity contribution is 5.84. The first-order valence-corrected chi connectivity index (χ1v) is 8.40. The van der Waals surface area contributed by atoms with Crippen LogP contribution in [0, 0.1) is 0 Å². The normalized spacial score (nSPS) is 10.6. The van der Waals surface area contributed by atoms with Crippen LogP contribution < -0.4 is 5.32 Å². The van der Waals surface area contributed by atoms with E-state index in [1.165, 1.54) is 22.0 Å². The van der Waals surface area contributed by atoms with Crippen LogP contribution in [0.15, 0.2) is 73.4 Å². The van der Waals surface area contributed by atoms with Crippen molar-refractivity contribution >= 4 is 17.0 Å². The molecule has 1 amide bonds. The zero-order valence-corrected chi connectivity index (χ0v) is 14.2. The maximum Gasteiger partial charge on any atom is 0.407 e. The SMILES string of the molecule is C=CCOC(=O)NCCc1cn(Cc2ccccc2)c2ccccc12. The molecule has 128 valence electrons. The van der Waals surface area contributed by atoms with E-state index >= 15 is 0 Å². The highest BCUT2D eigenvalue weighted by Gasteiger charge is 2.09. The van der Waals surface area contributed by atoms with Gasteiger partial charge >= 0.3 is 6.09 Å². The minimum absolute atomic E-state index is 0.224. The molecule has 1 N–H and O–H groups in total. The molecule has 0 unspecified atom stereocenters. The lowest BCUT2D eigenvalue weighted by molar-refractivity contribution is 0.158. The second-order valence-electron chi connectivity index (χ2n) is 5.85. The predicted octanol–water partition coefficient (Wildman–Crippen LogP) is 4.14. The molecule has 0 aliphatic rings. The van der Waals surface area contributed by atoms with Gasteiger partial charge in [0, 0.05) is 30.2 Å². The molecule has 4 nitrogen and oxygen atoms in total. The molecule has 3 rings (SSSR count). The maximum atomic E-state index is 11.5. The number of nitrogens with zero attached hydrogens (tertiary/aromatic N) is 1. The topological polar surface area (TPSA) is 43.3 Å². The number of hydrogen-bond acceptors (Lipinski definition) is 2. The summed E-state index contributed by atoms with van der Waals surface area (Å²) in [4.78, 5) is 11.5. The Kier molecular flexibility index (Phi) is 5.52. The number of alkyl carbamates (subject to hydrolysis) is 1. The van der Waals surface area contributed by atoms with Crippen LogP contribution >= 0.6 is 0 Å². The van der Waals surface area contributed by atoms with Crippen molar-refractivity contribution in [2.45, 2.75) is 13.0 Å². The second kappa shape index (κ2) is 8.20. The molecule has 0 aliphatic carbocycles. The summed E-state index contributed by atoms with van der Waals surface area (Å²) in [6, 6.07) is 18.8. The molecule has 2 aromatic carbocycles. The Morgan fingerprint density at radius 2 is 1.88 bits per heavy atom. The van der Waals surface area contributed by atoms with Crippen molar-refractivity contribution in [3.05, 3.63) is 84.6 Å². The summed E-state index contributed by atoms with van der Waals surface area (Å²) in [5.74, 6) is 0. The molecule has 4 heteroatoms. The number of hydrogen-bond donors (Lipinski definition) is 1. The van der Waals surface area contributed by atoms with Gasteiger partial charge in [-0.3, -0.25) is 0 Å². The van der Waals surface area contributed by atoms with E-state index in [0.29, 0.717) is 6.54 Å². The van der Waals surface area contributed by atoms with Gasteiger partial charge in [0.1, 0.15) is 6.61 Å². The third kappa shape index (κ3) is 4.29. The summed E-state index contributed by atoms with van der Waals surface area (Å²) < 4.78 is 7.19. The van der Waals surface area contributed by atoms with Crippen LogP contribution in [0.3, 0.4) is 0 Å².